The topological polar surface area (TPSA) is 50.8 Å². The number of hydrogen-bond donors (Lipinski definition) is 1. The van der Waals surface area contributed by atoms with Gasteiger partial charge in [0.1, 0.15) is 0 Å². The Morgan fingerprint density at radius 2 is 1.90 bits per heavy atom. The number of para-hydroxylation sites is 1. The van der Waals surface area contributed by atoms with E-state index in [0.29, 0.717) is 26.3 Å². The summed E-state index contributed by atoms with van der Waals surface area (Å²) in [7, 11) is 0. The van der Waals surface area contributed by atoms with Gasteiger partial charge in [0, 0.05) is 31.6 Å². The van der Waals surface area contributed by atoms with Gasteiger partial charge in [0.15, 0.2) is 5.79 Å². The van der Waals surface area contributed by atoms with Crippen molar-refractivity contribution in [2.45, 2.75) is 32.0 Å². The Labute approximate surface area is 125 Å². The molecule has 2 saturated heterocycles. The first-order valence-corrected chi connectivity index (χ1v) is 7.64. The zero-order chi connectivity index (χ0) is 14.7. The van der Waals surface area contributed by atoms with Crippen LogP contribution in [0.3, 0.4) is 0 Å². The van der Waals surface area contributed by atoms with Crippen molar-refractivity contribution in [3.63, 3.8) is 0 Å². The minimum absolute atomic E-state index is 0.0382. The van der Waals surface area contributed by atoms with Gasteiger partial charge in [-0.05, 0) is 18.1 Å². The molecule has 5 nitrogen and oxygen atoms in total. The van der Waals surface area contributed by atoms with Crippen LogP contribution in [-0.2, 0) is 15.9 Å². The van der Waals surface area contributed by atoms with E-state index < -0.39 is 5.79 Å². The summed E-state index contributed by atoms with van der Waals surface area (Å²) < 4.78 is 11.4. The van der Waals surface area contributed by atoms with E-state index in [0.717, 1.165) is 30.5 Å². The molecule has 0 aromatic heterocycles. The summed E-state index contributed by atoms with van der Waals surface area (Å²) in [6.45, 7) is 4.75. The number of ether oxygens (including phenoxy) is 2. The molecule has 0 aliphatic carbocycles. The van der Waals surface area contributed by atoms with Crippen LogP contribution < -0.4 is 5.32 Å². The zero-order valence-corrected chi connectivity index (χ0v) is 12.4. The third kappa shape index (κ3) is 3.04. The van der Waals surface area contributed by atoms with Gasteiger partial charge in [-0.15, -0.1) is 0 Å². The molecule has 2 amide bonds. The van der Waals surface area contributed by atoms with Crippen LogP contribution in [0.15, 0.2) is 24.3 Å². The number of rotatable bonds is 2. The number of benzene rings is 1. The Morgan fingerprint density at radius 1 is 1.24 bits per heavy atom. The van der Waals surface area contributed by atoms with E-state index in [1.54, 1.807) is 0 Å². The molecule has 1 aromatic rings. The highest BCUT2D eigenvalue weighted by Crippen LogP contribution is 2.31. The van der Waals surface area contributed by atoms with Gasteiger partial charge in [0.25, 0.3) is 0 Å². The number of carbonyl (C=O) groups excluding carboxylic acids is 1. The molecular formula is C16H22N2O3. The minimum Gasteiger partial charge on any atom is -0.347 e. The predicted molar refractivity (Wildman–Crippen MR) is 80.3 cm³/mol. The van der Waals surface area contributed by atoms with Crippen LogP contribution in [0.25, 0.3) is 0 Å². The first-order valence-electron chi connectivity index (χ1n) is 7.64. The lowest BCUT2D eigenvalue weighted by Gasteiger charge is -2.37. The lowest BCUT2D eigenvalue weighted by molar-refractivity contribution is -0.181. The molecule has 5 heteroatoms. The van der Waals surface area contributed by atoms with E-state index in [1.165, 1.54) is 0 Å². The number of piperidine rings is 1. The fraction of sp³-hybridized carbons (Fsp3) is 0.562. The minimum atomic E-state index is -0.432. The van der Waals surface area contributed by atoms with Crippen LogP contribution in [-0.4, -0.2) is 43.0 Å². The maximum absolute atomic E-state index is 12.4. The van der Waals surface area contributed by atoms with Gasteiger partial charge in [0.05, 0.1) is 13.2 Å². The molecule has 1 N–H and O–H groups in total. The average Bonchev–Trinajstić information content (AvgIpc) is 2.96. The molecule has 0 bridgehead atoms. The van der Waals surface area contributed by atoms with E-state index in [-0.39, 0.29) is 6.03 Å². The van der Waals surface area contributed by atoms with Crippen LogP contribution in [0.4, 0.5) is 10.5 Å². The van der Waals surface area contributed by atoms with Crippen molar-refractivity contribution >= 4 is 11.7 Å². The van der Waals surface area contributed by atoms with E-state index in [2.05, 4.69) is 12.2 Å². The summed E-state index contributed by atoms with van der Waals surface area (Å²) in [6.07, 6.45) is 2.40. The number of amides is 2. The monoisotopic (exact) mass is 290 g/mol. The van der Waals surface area contributed by atoms with Gasteiger partial charge in [-0.2, -0.15) is 0 Å². The normalized spacial score (nSPS) is 20.7. The molecule has 21 heavy (non-hydrogen) atoms. The molecule has 0 radical (unpaired) electrons. The lowest BCUT2D eigenvalue weighted by Crippen LogP contribution is -2.48. The number of urea groups is 1. The highest BCUT2D eigenvalue weighted by Gasteiger charge is 2.40. The molecule has 1 spiro atoms. The molecule has 1 aromatic carbocycles. The number of hydrogen-bond acceptors (Lipinski definition) is 3. The number of anilines is 1. The Kier molecular flexibility index (Phi) is 4.12. The molecular weight excluding hydrogens is 268 g/mol. The standard InChI is InChI=1S/C16H22N2O3/c1-2-13-5-3-4-6-14(13)17-15(19)18-9-7-16(8-10-18)20-11-12-21-16/h3-6H,2,7-12H2,1H3,(H,17,19). The van der Waals surface area contributed by atoms with Crippen LogP contribution in [0.2, 0.25) is 0 Å². The molecule has 2 heterocycles. The second-order valence-electron chi connectivity index (χ2n) is 5.54. The quantitative estimate of drug-likeness (QED) is 0.911. The molecule has 0 saturated carbocycles. The van der Waals surface area contributed by atoms with Crippen LogP contribution in [0, 0.1) is 0 Å². The van der Waals surface area contributed by atoms with Gasteiger partial charge in [0.2, 0.25) is 0 Å². The van der Waals surface area contributed by atoms with Crippen molar-refractivity contribution in [2.24, 2.45) is 0 Å². The van der Waals surface area contributed by atoms with Crippen LogP contribution >= 0.6 is 0 Å². The van der Waals surface area contributed by atoms with Gasteiger partial charge in [-0.25, -0.2) is 4.79 Å². The summed E-state index contributed by atoms with van der Waals surface area (Å²) in [5, 5.41) is 3.02. The Morgan fingerprint density at radius 3 is 2.57 bits per heavy atom. The molecule has 0 atom stereocenters. The second kappa shape index (κ2) is 6.03. The highest BCUT2D eigenvalue weighted by atomic mass is 16.7. The largest absolute Gasteiger partial charge is 0.347 e. The first kappa shape index (κ1) is 14.4. The maximum atomic E-state index is 12.4. The Bertz CT molecular complexity index is 502. The average molecular weight is 290 g/mol. The van der Waals surface area contributed by atoms with Crippen LogP contribution in [0.5, 0.6) is 0 Å². The molecule has 0 unspecified atom stereocenters. The summed E-state index contributed by atoms with van der Waals surface area (Å²) >= 11 is 0. The highest BCUT2D eigenvalue weighted by molar-refractivity contribution is 5.90. The van der Waals surface area contributed by atoms with E-state index >= 15 is 0 Å². The van der Waals surface area contributed by atoms with E-state index in [4.69, 9.17) is 9.47 Å². The van der Waals surface area contributed by atoms with Crippen LogP contribution in [0.1, 0.15) is 25.3 Å². The summed E-state index contributed by atoms with van der Waals surface area (Å²) in [6, 6.07) is 7.89. The molecule has 2 aliphatic heterocycles. The fourth-order valence-corrected chi connectivity index (χ4v) is 2.98. The van der Waals surface area contributed by atoms with Gasteiger partial charge < -0.3 is 19.7 Å². The predicted octanol–water partition coefficient (Wildman–Crippen LogP) is 2.62. The third-order valence-corrected chi connectivity index (χ3v) is 4.27. The Hall–Kier alpha value is -1.59. The molecule has 114 valence electrons. The van der Waals surface area contributed by atoms with Crippen molar-refractivity contribution in [2.75, 3.05) is 31.6 Å². The lowest BCUT2D eigenvalue weighted by atomic mass is 10.0. The zero-order valence-electron chi connectivity index (χ0n) is 12.4. The van der Waals surface area contributed by atoms with Gasteiger partial charge >= 0.3 is 6.03 Å². The number of nitrogens with zero attached hydrogens (tertiary/aromatic N) is 1. The summed E-state index contributed by atoms with van der Waals surface area (Å²) in [4.78, 5) is 14.2. The fourth-order valence-electron chi connectivity index (χ4n) is 2.98. The molecule has 3 rings (SSSR count). The van der Waals surface area contributed by atoms with E-state index in [1.807, 2.05) is 29.2 Å². The maximum Gasteiger partial charge on any atom is 0.321 e. The second-order valence-corrected chi connectivity index (χ2v) is 5.54. The van der Waals surface area contributed by atoms with E-state index in [9.17, 15) is 4.79 Å². The number of carbonyl (C=O) groups is 1. The van der Waals surface area contributed by atoms with Crippen molar-refractivity contribution in [1.29, 1.82) is 0 Å². The Balaban J connectivity index is 1.59. The van der Waals surface area contributed by atoms with Crippen molar-refractivity contribution in [1.82, 2.24) is 4.90 Å². The van der Waals surface area contributed by atoms with Gasteiger partial charge in [-0.1, -0.05) is 25.1 Å². The number of aryl methyl sites for hydroxylation is 1. The van der Waals surface area contributed by atoms with Gasteiger partial charge in [-0.3, -0.25) is 0 Å². The molecule has 2 aliphatic rings. The smallest absolute Gasteiger partial charge is 0.321 e. The van der Waals surface area contributed by atoms with Crippen molar-refractivity contribution in [3.05, 3.63) is 29.8 Å². The summed E-state index contributed by atoms with van der Waals surface area (Å²) in [5.41, 5.74) is 2.06. The number of likely N-dealkylation sites (tertiary alicyclic amines) is 1. The number of nitrogens with one attached hydrogen (secondary N) is 1. The molecule has 2 fully saturated rings. The first-order chi connectivity index (χ1) is 10.2. The van der Waals surface area contributed by atoms with Crippen molar-refractivity contribution in [3.8, 4) is 0 Å². The van der Waals surface area contributed by atoms with Crippen molar-refractivity contribution < 1.29 is 14.3 Å². The third-order valence-electron chi connectivity index (χ3n) is 4.27. The summed E-state index contributed by atoms with van der Waals surface area (Å²) in [5.74, 6) is -0.432. The SMILES string of the molecule is CCc1ccccc1NC(=O)N1CCC2(CC1)OCCO2.